The molecule has 0 aliphatic rings. The first-order valence-electron chi connectivity index (χ1n) is 8.04. The van der Waals surface area contributed by atoms with Crippen LogP contribution in [0.4, 0.5) is 0 Å². The maximum atomic E-state index is 12.2. The second-order valence-corrected chi connectivity index (χ2v) is 5.85. The topological polar surface area (TPSA) is 66.0 Å². The molecule has 2 N–H and O–H groups in total. The highest BCUT2D eigenvalue weighted by molar-refractivity contribution is 5.91. The van der Waals surface area contributed by atoms with Gasteiger partial charge in [0, 0.05) is 22.7 Å². The van der Waals surface area contributed by atoms with Crippen molar-refractivity contribution in [2.24, 2.45) is 0 Å². The lowest BCUT2D eigenvalue weighted by atomic mass is 9.97. The molecule has 0 bridgehead atoms. The molecule has 2 aromatic heterocycles. The van der Waals surface area contributed by atoms with Crippen molar-refractivity contribution < 1.29 is 5.11 Å². The van der Waals surface area contributed by atoms with Crippen molar-refractivity contribution in [3.05, 3.63) is 88.8 Å². The summed E-state index contributed by atoms with van der Waals surface area (Å²) in [6.07, 6.45) is 1.64. The monoisotopic (exact) mass is 328 g/mol. The van der Waals surface area contributed by atoms with Crippen LogP contribution in [0.1, 0.15) is 5.56 Å². The summed E-state index contributed by atoms with van der Waals surface area (Å²) in [6, 6.07) is 21.4. The van der Waals surface area contributed by atoms with Gasteiger partial charge in [0.15, 0.2) is 0 Å². The Hall–Kier alpha value is -3.24. The van der Waals surface area contributed by atoms with Crippen molar-refractivity contribution in [2.45, 2.75) is 6.61 Å². The van der Waals surface area contributed by atoms with Crippen molar-refractivity contribution in [1.29, 1.82) is 0 Å². The molecule has 0 amide bonds. The number of hydrogen-bond donors (Lipinski definition) is 2. The van der Waals surface area contributed by atoms with Crippen molar-refractivity contribution >= 4 is 10.9 Å². The summed E-state index contributed by atoms with van der Waals surface area (Å²) in [6.45, 7) is -0.00333. The van der Waals surface area contributed by atoms with Crippen molar-refractivity contribution in [2.75, 3.05) is 0 Å². The number of pyridine rings is 2. The SMILES string of the molecule is O=c1[nH]ccc2cc(-c3ccccc3)c(-c3ccc(CO)cc3)nc12. The second kappa shape index (κ2) is 6.34. The zero-order valence-corrected chi connectivity index (χ0v) is 13.4. The fourth-order valence-corrected chi connectivity index (χ4v) is 2.94. The fourth-order valence-electron chi connectivity index (χ4n) is 2.94. The Morgan fingerprint density at radius 1 is 0.920 bits per heavy atom. The van der Waals surface area contributed by atoms with E-state index in [-0.39, 0.29) is 12.2 Å². The summed E-state index contributed by atoms with van der Waals surface area (Å²) in [5.41, 5.74) is 4.72. The number of aliphatic hydroxyl groups is 1. The maximum absolute atomic E-state index is 12.2. The van der Waals surface area contributed by atoms with E-state index >= 15 is 0 Å². The first-order valence-corrected chi connectivity index (χ1v) is 8.04. The molecule has 4 rings (SSSR count). The average Bonchev–Trinajstić information content (AvgIpc) is 2.68. The van der Waals surface area contributed by atoms with Crippen molar-refractivity contribution in [3.8, 4) is 22.4 Å². The summed E-state index contributed by atoms with van der Waals surface area (Å²) in [5, 5.41) is 10.1. The Labute approximate surface area is 144 Å². The first-order chi connectivity index (χ1) is 12.3. The minimum Gasteiger partial charge on any atom is -0.392 e. The number of benzene rings is 2. The van der Waals surface area contributed by atoms with E-state index in [1.807, 2.05) is 66.7 Å². The zero-order valence-electron chi connectivity index (χ0n) is 13.4. The Morgan fingerprint density at radius 2 is 1.68 bits per heavy atom. The van der Waals surface area contributed by atoms with Gasteiger partial charge in [-0.05, 0) is 23.3 Å². The third kappa shape index (κ3) is 2.84. The summed E-state index contributed by atoms with van der Waals surface area (Å²) >= 11 is 0. The number of rotatable bonds is 3. The van der Waals surface area contributed by atoms with Crippen LogP contribution in [0.2, 0.25) is 0 Å². The lowest BCUT2D eigenvalue weighted by Crippen LogP contribution is -2.07. The van der Waals surface area contributed by atoms with E-state index in [0.717, 1.165) is 33.3 Å². The summed E-state index contributed by atoms with van der Waals surface area (Å²) < 4.78 is 0. The lowest BCUT2D eigenvalue weighted by molar-refractivity contribution is 0.282. The molecular formula is C21H16N2O2. The number of aromatic nitrogens is 2. The van der Waals surface area contributed by atoms with E-state index in [1.54, 1.807) is 6.20 Å². The molecule has 2 aromatic carbocycles. The maximum Gasteiger partial charge on any atom is 0.274 e. The molecule has 0 radical (unpaired) electrons. The zero-order chi connectivity index (χ0) is 17.2. The molecule has 122 valence electrons. The van der Waals surface area contributed by atoms with Crippen LogP contribution >= 0.6 is 0 Å². The Balaban J connectivity index is 2.02. The van der Waals surface area contributed by atoms with E-state index in [9.17, 15) is 9.90 Å². The van der Waals surface area contributed by atoms with Gasteiger partial charge in [-0.15, -0.1) is 0 Å². The van der Waals surface area contributed by atoms with Gasteiger partial charge in [-0.1, -0.05) is 54.6 Å². The molecule has 4 heteroatoms. The highest BCUT2D eigenvalue weighted by atomic mass is 16.3. The Kier molecular flexibility index (Phi) is 3.88. The first kappa shape index (κ1) is 15.3. The van der Waals surface area contributed by atoms with Gasteiger partial charge >= 0.3 is 0 Å². The minimum absolute atomic E-state index is 0.00333. The highest BCUT2D eigenvalue weighted by Crippen LogP contribution is 2.32. The molecule has 4 nitrogen and oxygen atoms in total. The smallest absolute Gasteiger partial charge is 0.274 e. The van der Waals surface area contributed by atoms with Crippen molar-refractivity contribution in [3.63, 3.8) is 0 Å². The molecule has 0 atom stereocenters. The summed E-state index contributed by atoms with van der Waals surface area (Å²) in [5.74, 6) is 0. The van der Waals surface area contributed by atoms with E-state index < -0.39 is 0 Å². The quantitative estimate of drug-likeness (QED) is 0.602. The van der Waals surface area contributed by atoms with Crippen LogP contribution < -0.4 is 5.56 Å². The lowest BCUT2D eigenvalue weighted by Gasteiger charge is -2.11. The number of aliphatic hydroxyl groups excluding tert-OH is 1. The minimum atomic E-state index is -0.203. The Morgan fingerprint density at radius 3 is 2.40 bits per heavy atom. The van der Waals surface area contributed by atoms with Crippen LogP contribution in [0.3, 0.4) is 0 Å². The van der Waals surface area contributed by atoms with Crippen LogP contribution in [0.15, 0.2) is 77.7 Å². The van der Waals surface area contributed by atoms with Gasteiger partial charge in [-0.25, -0.2) is 4.98 Å². The molecule has 0 aliphatic carbocycles. The van der Waals surface area contributed by atoms with Gasteiger partial charge in [0.05, 0.1) is 12.3 Å². The molecule has 0 unspecified atom stereocenters. The predicted octanol–water partition coefficient (Wildman–Crippen LogP) is 3.75. The molecule has 0 saturated carbocycles. The fraction of sp³-hybridized carbons (Fsp3) is 0.0476. The van der Waals surface area contributed by atoms with Gasteiger partial charge in [0.2, 0.25) is 0 Å². The van der Waals surface area contributed by atoms with E-state index in [2.05, 4.69) is 9.97 Å². The third-order valence-electron chi connectivity index (χ3n) is 4.24. The number of aromatic amines is 1. The van der Waals surface area contributed by atoms with E-state index in [1.165, 1.54) is 0 Å². The Bertz CT molecular complexity index is 1080. The van der Waals surface area contributed by atoms with Crippen LogP contribution in [0.25, 0.3) is 33.3 Å². The molecule has 0 fully saturated rings. The number of hydrogen-bond acceptors (Lipinski definition) is 3. The summed E-state index contributed by atoms with van der Waals surface area (Å²) in [7, 11) is 0. The average molecular weight is 328 g/mol. The van der Waals surface area contributed by atoms with Gasteiger partial charge in [-0.2, -0.15) is 0 Å². The van der Waals surface area contributed by atoms with Crippen LogP contribution in [0, 0.1) is 0 Å². The molecule has 4 aromatic rings. The van der Waals surface area contributed by atoms with Gasteiger partial charge < -0.3 is 10.1 Å². The van der Waals surface area contributed by atoms with Crippen molar-refractivity contribution in [1.82, 2.24) is 9.97 Å². The predicted molar refractivity (Wildman–Crippen MR) is 99.2 cm³/mol. The van der Waals surface area contributed by atoms with Crippen LogP contribution in [-0.4, -0.2) is 15.1 Å². The number of fused-ring (bicyclic) bond motifs is 1. The molecule has 25 heavy (non-hydrogen) atoms. The molecular weight excluding hydrogens is 312 g/mol. The van der Waals surface area contributed by atoms with Crippen LogP contribution in [0.5, 0.6) is 0 Å². The molecule has 2 heterocycles. The number of nitrogens with zero attached hydrogens (tertiary/aromatic N) is 1. The second-order valence-electron chi connectivity index (χ2n) is 5.85. The standard InChI is InChI=1S/C21H16N2O2/c24-13-14-6-8-16(9-7-14)19-18(15-4-2-1-3-5-15)12-17-10-11-22-21(25)20(17)23-19/h1-12,24H,13H2,(H,22,25). The van der Waals surface area contributed by atoms with E-state index in [4.69, 9.17) is 0 Å². The molecule has 0 aliphatic heterocycles. The normalized spacial score (nSPS) is 10.9. The van der Waals surface area contributed by atoms with Gasteiger partial charge in [-0.3, -0.25) is 4.79 Å². The molecule has 0 spiro atoms. The molecule has 0 saturated heterocycles. The summed E-state index contributed by atoms with van der Waals surface area (Å²) in [4.78, 5) is 19.5. The van der Waals surface area contributed by atoms with Crippen LogP contribution in [-0.2, 0) is 6.61 Å². The van der Waals surface area contributed by atoms with Gasteiger partial charge in [0.1, 0.15) is 5.52 Å². The van der Waals surface area contributed by atoms with Gasteiger partial charge in [0.25, 0.3) is 5.56 Å². The third-order valence-corrected chi connectivity index (χ3v) is 4.24. The largest absolute Gasteiger partial charge is 0.392 e. The number of nitrogens with one attached hydrogen (secondary N) is 1. The highest BCUT2D eigenvalue weighted by Gasteiger charge is 2.12. The number of H-pyrrole nitrogens is 1. The van der Waals surface area contributed by atoms with E-state index in [0.29, 0.717) is 5.52 Å².